The Morgan fingerprint density at radius 3 is 2.07 bits per heavy atom. The molecule has 0 fully saturated rings. The fraction of sp³-hybridized carbons (Fsp3) is 0.480. The zero-order valence-corrected chi connectivity index (χ0v) is 19.6. The molecule has 4 nitrogen and oxygen atoms in total. The Bertz CT molecular complexity index is 840. The van der Waals surface area contributed by atoms with Crippen molar-refractivity contribution in [3.8, 4) is 11.5 Å². The van der Waals surface area contributed by atoms with Crippen LogP contribution in [0.1, 0.15) is 73.9 Å². The van der Waals surface area contributed by atoms with Gasteiger partial charge >= 0.3 is 13.3 Å². The maximum atomic E-state index is 13.2. The van der Waals surface area contributed by atoms with Crippen LogP contribution in [0, 0.1) is 13.8 Å². The summed E-state index contributed by atoms with van der Waals surface area (Å²) in [5, 5.41) is 0.440. The third-order valence-corrected chi connectivity index (χ3v) is 6.45. The normalized spacial score (nSPS) is 11.3. The van der Waals surface area contributed by atoms with Crippen LogP contribution in [-0.2, 0) is 4.57 Å². The molecule has 0 bridgehead atoms. The Hall–Kier alpha value is -2.19. The lowest BCUT2D eigenvalue weighted by molar-refractivity contribution is 0.107. The van der Waals surface area contributed by atoms with E-state index in [1.165, 1.54) is 0 Å². The van der Waals surface area contributed by atoms with E-state index in [9.17, 15) is 9.36 Å². The third-order valence-electron chi connectivity index (χ3n) is 5.05. The molecule has 0 saturated carbocycles. The molecule has 2 rings (SSSR count). The first-order chi connectivity index (χ1) is 14.5. The minimum absolute atomic E-state index is 0.351. The smallest absolute Gasteiger partial charge is 0.462 e. The molecule has 1 unspecified atom stereocenters. The van der Waals surface area contributed by atoms with Crippen molar-refractivity contribution in [1.29, 1.82) is 0 Å². The van der Waals surface area contributed by atoms with Crippen molar-refractivity contribution in [3.05, 3.63) is 53.1 Å². The summed E-state index contributed by atoms with van der Waals surface area (Å²) in [6.45, 7) is 9.20. The minimum Gasteiger partial charge on any atom is -0.493 e. The Kier molecular flexibility index (Phi) is 10.0. The van der Waals surface area contributed by atoms with E-state index in [-0.39, 0.29) is 5.52 Å². The highest BCUT2D eigenvalue weighted by Gasteiger charge is 2.37. The summed E-state index contributed by atoms with van der Waals surface area (Å²) in [7, 11) is -2.29. The monoisotopic (exact) mass is 429 g/mol. The number of ether oxygens (including phenoxy) is 2. The number of aryl methyl sites for hydroxylation is 2. The Morgan fingerprint density at radius 1 is 0.867 bits per heavy atom. The molecule has 0 radical (unpaired) electrons. The van der Waals surface area contributed by atoms with Gasteiger partial charge in [-0.05, 0) is 49.9 Å². The minimum atomic E-state index is -2.29. The third kappa shape index (κ3) is 6.67. The fourth-order valence-corrected chi connectivity index (χ4v) is 4.62. The number of rotatable bonds is 13. The van der Waals surface area contributed by atoms with Gasteiger partial charge in [0.05, 0.1) is 18.8 Å². The molecule has 1 atom stereocenters. The van der Waals surface area contributed by atoms with Gasteiger partial charge in [-0.15, -0.1) is 0 Å². The molecule has 0 amide bonds. The lowest BCUT2D eigenvalue weighted by Crippen LogP contribution is -2.12. The number of hydrogen-bond acceptors (Lipinski definition) is 4. The molecule has 0 spiro atoms. The van der Waals surface area contributed by atoms with E-state index in [1.54, 1.807) is 18.2 Å². The van der Waals surface area contributed by atoms with Crippen LogP contribution in [0.3, 0.4) is 0 Å². The van der Waals surface area contributed by atoms with Gasteiger partial charge in [0, 0.05) is 6.07 Å². The summed E-state index contributed by atoms with van der Waals surface area (Å²) in [6, 6.07) is 10.9. The van der Waals surface area contributed by atoms with Crippen LogP contribution in [0.15, 0.2) is 36.4 Å². The van der Waals surface area contributed by atoms with Crippen LogP contribution >= 0.6 is 7.80 Å². The van der Waals surface area contributed by atoms with E-state index < -0.39 is 7.80 Å². The van der Waals surface area contributed by atoms with Gasteiger partial charge in [0.2, 0.25) is 5.30 Å². The van der Waals surface area contributed by atoms with Gasteiger partial charge < -0.3 is 9.47 Å². The molecule has 162 valence electrons. The van der Waals surface area contributed by atoms with Crippen molar-refractivity contribution < 1.29 is 18.8 Å². The first kappa shape index (κ1) is 24.1. The predicted octanol–water partition coefficient (Wildman–Crippen LogP) is 6.73. The second-order valence-corrected chi connectivity index (χ2v) is 9.08. The van der Waals surface area contributed by atoms with E-state index in [4.69, 9.17) is 9.47 Å². The molecule has 0 saturated heterocycles. The zero-order valence-electron chi connectivity index (χ0n) is 18.7. The number of hydrogen-bond donors (Lipinski definition) is 0. The molecule has 2 aromatic carbocycles. The first-order valence-electron chi connectivity index (χ1n) is 11.0. The van der Waals surface area contributed by atoms with Gasteiger partial charge in [0.1, 0.15) is 5.75 Å². The predicted molar refractivity (Wildman–Crippen MR) is 124 cm³/mol. The van der Waals surface area contributed by atoms with Crippen molar-refractivity contribution in [2.24, 2.45) is 0 Å². The topological polar surface area (TPSA) is 52.6 Å². The van der Waals surface area contributed by atoms with E-state index in [0.29, 0.717) is 35.6 Å². The van der Waals surface area contributed by atoms with Crippen LogP contribution in [-0.4, -0.2) is 18.7 Å². The number of carbonyl (C=O) groups is 1. The first-order valence-corrected chi connectivity index (χ1v) is 12.2. The summed E-state index contributed by atoms with van der Waals surface area (Å²) in [5.74, 6) is 1.17. The molecule has 30 heavy (non-hydrogen) atoms. The SMILES string of the molecule is CCCCCOc1ccc([P+](=O)C(=O)c2c(C)cccc2C)c(OCCCCC)c1. The highest BCUT2D eigenvalue weighted by molar-refractivity contribution is 7.71. The second-order valence-electron chi connectivity index (χ2n) is 7.61. The number of carbonyl (C=O) groups excluding carboxylic acids is 1. The second kappa shape index (κ2) is 12.5. The van der Waals surface area contributed by atoms with Gasteiger partial charge in [-0.25, -0.2) is 4.79 Å². The molecule has 0 aromatic heterocycles. The van der Waals surface area contributed by atoms with Crippen LogP contribution in [0.25, 0.3) is 0 Å². The van der Waals surface area contributed by atoms with E-state index in [2.05, 4.69) is 13.8 Å². The Balaban J connectivity index is 2.26. The lowest BCUT2D eigenvalue weighted by atomic mass is 10.0. The molecule has 2 aromatic rings. The maximum Gasteiger partial charge on any atom is 0.462 e. The molecular weight excluding hydrogens is 395 g/mol. The van der Waals surface area contributed by atoms with Crippen LogP contribution in [0.2, 0.25) is 0 Å². The van der Waals surface area contributed by atoms with Crippen LogP contribution in [0.4, 0.5) is 0 Å². The zero-order chi connectivity index (χ0) is 21.9. The highest BCUT2D eigenvalue weighted by Crippen LogP contribution is 2.34. The maximum absolute atomic E-state index is 13.2. The average molecular weight is 430 g/mol. The van der Waals surface area contributed by atoms with E-state index in [1.807, 2.05) is 32.0 Å². The van der Waals surface area contributed by atoms with Crippen molar-refractivity contribution >= 4 is 18.6 Å². The molecule has 0 aliphatic carbocycles. The molecule has 0 N–H and O–H groups in total. The highest BCUT2D eigenvalue weighted by atomic mass is 31.1. The van der Waals surface area contributed by atoms with Gasteiger partial charge in [-0.2, -0.15) is 0 Å². The summed E-state index contributed by atoms with van der Waals surface area (Å²) >= 11 is 0. The van der Waals surface area contributed by atoms with Crippen molar-refractivity contribution in [3.63, 3.8) is 0 Å². The van der Waals surface area contributed by atoms with Crippen molar-refractivity contribution in [2.45, 2.75) is 66.2 Å². The van der Waals surface area contributed by atoms with Gasteiger partial charge in [-0.3, -0.25) is 0 Å². The van der Waals surface area contributed by atoms with Gasteiger partial charge in [0.15, 0.2) is 5.75 Å². The molecular formula is C25H34O4P+. The van der Waals surface area contributed by atoms with Gasteiger partial charge in [-0.1, -0.05) is 62.3 Å². The molecule has 5 heteroatoms. The Morgan fingerprint density at radius 2 is 1.47 bits per heavy atom. The van der Waals surface area contributed by atoms with Crippen molar-refractivity contribution in [2.75, 3.05) is 13.2 Å². The summed E-state index contributed by atoms with van der Waals surface area (Å²) in [5.41, 5.74) is 1.86. The van der Waals surface area contributed by atoms with Gasteiger partial charge in [0.25, 0.3) is 0 Å². The van der Waals surface area contributed by atoms with Crippen molar-refractivity contribution in [1.82, 2.24) is 0 Å². The van der Waals surface area contributed by atoms with Crippen LogP contribution in [0.5, 0.6) is 11.5 Å². The van der Waals surface area contributed by atoms with Crippen LogP contribution < -0.4 is 14.8 Å². The summed E-state index contributed by atoms with van der Waals surface area (Å²) in [6.07, 6.45) is 6.32. The summed E-state index contributed by atoms with van der Waals surface area (Å²) in [4.78, 5) is 13.1. The summed E-state index contributed by atoms with van der Waals surface area (Å²) < 4.78 is 25.0. The quantitative estimate of drug-likeness (QED) is 0.261. The average Bonchev–Trinajstić information content (AvgIpc) is 2.74. The molecule has 0 aliphatic rings. The number of unbranched alkanes of at least 4 members (excludes halogenated alkanes) is 4. The molecule has 0 heterocycles. The largest absolute Gasteiger partial charge is 0.493 e. The van der Waals surface area contributed by atoms with E-state index in [0.717, 1.165) is 49.7 Å². The fourth-order valence-electron chi connectivity index (χ4n) is 3.31. The standard InChI is InChI=1S/C25H34O4P/c1-5-7-9-16-28-21-14-15-23(22(18-21)29-17-10-8-6-2)30(27)25(26)24-19(3)12-11-13-20(24)4/h11-15,18H,5-10,16-17H2,1-4H3/q+1. The lowest BCUT2D eigenvalue weighted by Gasteiger charge is -2.10. The Labute approximate surface area is 181 Å². The van der Waals surface area contributed by atoms with E-state index >= 15 is 0 Å². The molecule has 0 aliphatic heterocycles. The number of benzene rings is 2.